The number of halogens is 3. The molecular formula is C19H23F3. The van der Waals surface area contributed by atoms with E-state index in [0.29, 0.717) is 11.5 Å². The molecule has 1 unspecified atom stereocenters. The molecule has 2 aliphatic rings. The summed E-state index contributed by atoms with van der Waals surface area (Å²) in [4.78, 5) is 0. The van der Waals surface area contributed by atoms with Crippen LogP contribution in [0, 0.1) is 35.2 Å². The first-order valence-corrected chi connectivity index (χ1v) is 8.38. The zero-order valence-corrected chi connectivity index (χ0v) is 13.0. The van der Waals surface area contributed by atoms with E-state index in [9.17, 15) is 13.2 Å². The molecule has 0 aromatic heterocycles. The van der Waals surface area contributed by atoms with Crippen molar-refractivity contribution in [3.05, 3.63) is 41.2 Å². The van der Waals surface area contributed by atoms with Gasteiger partial charge in [0.1, 0.15) is 0 Å². The summed E-state index contributed by atoms with van der Waals surface area (Å²) in [6, 6.07) is 2.24. The van der Waals surface area contributed by atoms with E-state index >= 15 is 0 Å². The summed E-state index contributed by atoms with van der Waals surface area (Å²) in [7, 11) is 0. The SMILES string of the molecule is CC1CCC(C2CC=C(c3cc(F)c(F)c(F)c3)CC2)CC1. The standard InChI is InChI=1S/C19H23F3/c1-12-2-4-13(5-3-12)14-6-8-15(9-7-14)16-10-17(20)19(22)18(21)11-16/h8,10-14H,2-7,9H2,1H3. The van der Waals surface area contributed by atoms with Crippen molar-refractivity contribution >= 4 is 5.57 Å². The van der Waals surface area contributed by atoms with Crippen LogP contribution in [0.15, 0.2) is 18.2 Å². The van der Waals surface area contributed by atoms with Gasteiger partial charge in [0.25, 0.3) is 0 Å². The molecule has 1 saturated carbocycles. The third-order valence-corrected chi connectivity index (χ3v) is 5.53. The molecule has 0 nitrogen and oxygen atoms in total. The van der Waals surface area contributed by atoms with Gasteiger partial charge in [0.15, 0.2) is 17.5 Å². The molecule has 0 heterocycles. The Morgan fingerprint density at radius 2 is 1.50 bits per heavy atom. The maximum atomic E-state index is 13.4. The zero-order chi connectivity index (χ0) is 15.7. The lowest BCUT2D eigenvalue weighted by Crippen LogP contribution is -2.22. The van der Waals surface area contributed by atoms with Gasteiger partial charge >= 0.3 is 0 Å². The average Bonchev–Trinajstić information content (AvgIpc) is 2.53. The highest BCUT2D eigenvalue weighted by Crippen LogP contribution is 2.41. The Morgan fingerprint density at radius 3 is 2.05 bits per heavy atom. The monoisotopic (exact) mass is 308 g/mol. The zero-order valence-electron chi connectivity index (χ0n) is 13.0. The maximum absolute atomic E-state index is 13.4. The largest absolute Gasteiger partial charge is 0.204 e. The van der Waals surface area contributed by atoms with Crippen LogP contribution in [0.2, 0.25) is 0 Å². The molecule has 1 atom stereocenters. The Kier molecular flexibility index (Phi) is 4.60. The van der Waals surface area contributed by atoms with E-state index in [2.05, 4.69) is 13.0 Å². The molecule has 3 heteroatoms. The Hall–Kier alpha value is -1.25. The molecule has 120 valence electrons. The van der Waals surface area contributed by atoms with Gasteiger partial charge in [0.05, 0.1) is 0 Å². The van der Waals surface area contributed by atoms with Crippen LogP contribution in [0.4, 0.5) is 13.2 Å². The van der Waals surface area contributed by atoms with Gasteiger partial charge in [-0.2, -0.15) is 0 Å². The second kappa shape index (κ2) is 6.47. The predicted molar refractivity (Wildman–Crippen MR) is 82.8 cm³/mol. The van der Waals surface area contributed by atoms with Gasteiger partial charge in [-0.05, 0) is 73.1 Å². The van der Waals surface area contributed by atoms with Gasteiger partial charge < -0.3 is 0 Å². The highest BCUT2D eigenvalue weighted by molar-refractivity contribution is 5.66. The lowest BCUT2D eigenvalue weighted by atomic mass is 9.71. The van der Waals surface area contributed by atoms with Crippen LogP contribution in [-0.2, 0) is 0 Å². The van der Waals surface area contributed by atoms with Gasteiger partial charge in [-0.3, -0.25) is 0 Å². The van der Waals surface area contributed by atoms with Crippen LogP contribution in [0.25, 0.3) is 5.57 Å². The molecule has 3 rings (SSSR count). The Bertz CT molecular complexity index is 545. The minimum atomic E-state index is -1.38. The Labute approximate surface area is 130 Å². The van der Waals surface area contributed by atoms with Crippen molar-refractivity contribution in [1.29, 1.82) is 0 Å². The molecule has 1 aromatic rings. The maximum Gasteiger partial charge on any atom is 0.194 e. The number of hydrogen-bond acceptors (Lipinski definition) is 0. The van der Waals surface area contributed by atoms with Crippen molar-refractivity contribution in [3.63, 3.8) is 0 Å². The first kappa shape index (κ1) is 15.6. The predicted octanol–water partition coefficient (Wildman–Crippen LogP) is 6.11. The summed E-state index contributed by atoms with van der Waals surface area (Å²) < 4.78 is 39.8. The van der Waals surface area contributed by atoms with Crippen LogP contribution in [-0.4, -0.2) is 0 Å². The summed E-state index contributed by atoms with van der Waals surface area (Å²) in [5, 5.41) is 0. The van der Waals surface area contributed by atoms with Gasteiger partial charge in [0, 0.05) is 0 Å². The Balaban J connectivity index is 1.69. The summed E-state index contributed by atoms with van der Waals surface area (Å²) >= 11 is 0. The van der Waals surface area contributed by atoms with Crippen LogP contribution in [0.5, 0.6) is 0 Å². The van der Waals surface area contributed by atoms with Crippen molar-refractivity contribution in [2.75, 3.05) is 0 Å². The molecule has 0 spiro atoms. The number of rotatable bonds is 2. The van der Waals surface area contributed by atoms with Crippen molar-refractivity contribution in [2.24, 2.45) is 17.8 Å². The van der Waals surface area contributed by atoms with E-state index in [4.69, 9.17) is 0 Å². The van der Waals surface area contributed by atoms with Crippen molar-refractivity contribution < 1.29 is 13.2 Å². The fourth-order valence-electron chi connectivity index (χ4n) is 4.04. The molecule has 0 N–H and O–H groups in total. The average molecular weight is 308 g/mol. The molecule has 0 saturated heterocycles. The topological polar surface area (TPSA) is 0 Å². The van der Waals surface area contributed by atoms with Crippen LogP contribution in [0.1, 0.15) is 57.4 Å². The number of hydrogen-bond donors (Lipinski definition) is 0. The molecule has 1 fully saturated rings. The van der Waals surface area contributed by atoms with Gasteiger partial charge in [-0.15, -0.1) is 0 Å². The molecule has 0 bridgehead atoms. The smallest absolute Gasteiger partial charge is 0.194 e. The fourth-order valence-corrected chi connectivity index (χ4v) is 4.04. The first-order valence-electron chi connectivity index (χ1n) is 8.38. The van der Waals surface area contributed by atoms with Crippen LogP contribution in [0.3, 0.4) is 0 Å². The quantitative estimate of drug-likeness (QED) is 0.578. The minimum Gasteiger partial charge on any atom is -0.204 e. The molecular weight excluding hydrogens is 285 g/mol. The molecule has 0 aliphatic heterocycles. The van der Waals surface area contributed by atoms with Gasteiger partial charge in [-0.1, -0.05) is 25.8 Å². The third kappa shape index (κ3) is 3.23. The summed E-state index contributed by atoms with van der Waals surface area (Å²) in [6.45, 7) is 2.33. The second-order valence-electron chi connectivity index (χ2n) is 7.04. The van der Waals surface area contributed by atoms with E-state index in [1.165, 1.54) is 25.7 Å². The second-order valence-corrected chi connectivity index (χ2v) is 7.04. The highest BCUT2D eigenvalue weighted by Gasteiger charge is 2.27. The van der Waals surface area contributed by atoms with E-state index in [0.717, 1.165) is 48.8 Å². The van der Waals surface area contributed by atoms with E-state index in [1.54, 1.807) is 0 Å². The molecule has 2 aliphatic carbocycles. The summed E-state index contributed by atoms with van der Waals surface area (Å²) in [5.41, 5.74) is 1.45. The van der Waals surface area contributed by atoms with Gasteiger partial charge in [-0.25, -0.2) is 13.2 Å². The van der Waals surface area contributed by atoms with E-state index in [-0.39, 0.29) is 0 Å². The summed E-state index contributed by atoms with van der Waals surface area (Å²) in [5.74, 6) is -1.22. The highest BCUT2D eigenvalue weighted by atomic mass is 19.2. The van der Waals surface area contributed by atoms with Crippen LogP contribution < -0.4 is 0 Å². The lowest BCUT2D eigenvalue weighted by molar-refractivity contribution is 0.202. The normalized spacial score (nSPS) is 29.3. The van der Waals surface area contributed by atoms with E-state index in [1.807, 2.05) is 0 Å². The number of benzene rings is 1. The molecule has 0 amide bonds. The summed E-state index contributed by atoms with van der Waals surface area (Å²) in [6.07, 6.45) is 10.3. The Morgan fingerprint density at radius 1 is 0.864 bits per heavy atom. The minimum absolute atomic E-state index is 0.493. The van der Waals surface area contributed by atoms with Crippen molar-refractivity contribution in [2.45, 2.75) is 51.9 Å². The molecule has 22 heavy (non-hydrogen) atoms. The lowest BCUT2D eigenvalue weighted by Gasteiger charge is -2.34. The van der Waals surface area contributed by atoms with E-state index < -0.39 is 17.5 Å². The van der Waals surface area contributed by atoms with Crippen molar-refractivity contribution in [3.8, 4) is 0 Å². The van der Waals surface area contributed by atoms with Crippen LogP contribution >= 0.6 is 0 Å². The number of allylic oxidation sites excluding steroid dienone is 2. The van der Waals surface area contributed by atoms with Crippen molar-refractivity contribution in [1.82, 2.24) is 0 Å². The van der Waals surface area contributed by atoms with Gasteiger partial charge in [0.2, 0.25) is 0 Å². The molecule has 0 radical (unpaired) electrons. The molecule has 1 aromatic carbocycles. The first-order chi connectivity index (χ1) is 10.5. The fraction of sp³-hybridized carbons (Fsp3) is 0.579. The third-order valence-electron chi connectivity index (χ3n) is 5.53.